The van der Waals surface area contributed by atoms with E-state index in [1.54, 1.807) is 31.3 Å². The van der Waals surface area contributed by atoms with Crippen molar-refractivity contribution in [2.24, 2.45) is 4.99 Å². The largest absolute Gasteiger partial charge is 0.533 e. The van der Waals surface area contributed by atoms with Gasteiger partial charge < -0.3 is 15.3 Å². The Morgan fingerprint density at radius 3 is 2.76 bits per heavy atom. The zero-order chi connectivity index (χ0) is 15.9. The molecule has 21 heavy (non-hydrogen) atoms. The molecule has 0 aliphatic rings. The van der Waals surface area contributed by atoms with Crippen molar-refractivity contribution in [3.63, 3.8) is 0 Å². The molecule has 1 rings (SSSR count). The second kappa shape index (κ2) is 7.68. The van der Waals surface area contributed by atoms with Crippen LogP contribution in [-0.4, -0.2) is 39.3 Å². The van der Waals surface area contributed by atoms with Crippen molar-refractivity contribution < 1.29 is 14.4 Å². The van der Waals surface area contributed by atoms with Crippen LogP contribution in [0.2, 0.25) is 25.7 Å². The van der Waals surface area contributed by atoms with Gasteiger partial charge in [0.2, 0.25) is 0 Å². The van der Waals surface area contributed by atoms with E-state index < -0.39 is 14.2 Å². The van der Waals surface area contributed by atoms with E-state index in [-0.39, 0.29) is 0 Å². The van der Waals surface area contributed by atoms with E-state index in [9.17, 15) is 4.79 Å². The molecule has 0 heterocycles. The maximum atomic E-state index is 11.5. The molecule has 0 saturated heterocycles. The zero-order valence-electron chi connectivity index (χ0n) is 13.0. The number of nitrogens with two attached hydrogens (primary N) is 1. The van der Waals surface area contributed by atoms with Crippen LogP contribution >= 0.6 is 0 Å². The Morgan fingerprint density at radius 2 is 2.14 bits per heavy atom. The Kier molecular flexibility index (Phi) is 6.23. The van der Waals surface area contributed by atoms with Gasteiger partial charge in [0, 0.05) is 20.8 Å². The van der Waals surface area contributed by atoms with E-state index in [1.807, 2.05) is 0 Å². The molecule has 0 amide bonds. The van der Waals surface area contributed by atoms with Gasteiger partial charge in [-0.1, -0.05) is 25.7 Å². The first-order valence-corrected chi connectivity index (χ1v) is 10.4. The van der Waals surface area contributed by atoms with Gasteiger partial charge in [0.15, 0.2) is 0 Å². The van der Waals surface area contributed by atoms with E-state index >= 15 is 0 Å². The van der Waals surface area contributed by atoms with Gasteiger partial charge in [0.25, 0.3) is 0 Å². The molecule has 1 aromatic rings. The average Bonchev–Trinajstić information content (AvgIpc) is 2.35. The van der Waals surface area contributed by atoms with Gasteiger partial charge in [0.1, 0.15) is 6.34 Å². The number of ether oxygens (including phenoxy) is 1. The fraction of sp³-hybridized carbons (Fsp3) is 0.429. The van der Waals surface area contributed by atoms with Crippen molar-refractivity contribution in [2.45, 2.75) is 25.7 Å². The molecule has 0 bridgehead atoms. The summed E-state index contributed by atoms with van der Waals surface area (Å²) >= 11 is 0. The average molecular weight is 309 g/mol. The normalized spacial score (nSPS) is 11.4. The molecule has 1 aromatic carbocycles. The van der Waals surface area contributed by atoms with E-state index in [4.69, 9.17) is 15.3 Å². The van der Waals surface area contributed by atoms with Gasteiger partial charge in [-0.15, -0.1) is 0 Å². The van der Waals surface area contributed by atoms with Crippen molar-refractivity contribution in [1.82, 2.24) is 5.06 Å². The lowest BCUT2D eigenvalue weighted by Gasteiger charge is -2.16. The first kappa shape index (κ1) is 17.0. The number of hydrogen-bond donors (Lipinski definition) is 1. The molecule has 6 nitrogen and oxygen atoms in total. The van der Waals surface area contributed by atoms with E-state index in [2.05, 4.69) is 24.6 Å². The summed E-state index contributed by atoms with van der Waals surface area (Å²) < 4.78 is 5.01. The van der Waals surface area contributed by atoms with Crippen molar-refractivity contribution in [2.75, 3.05) is 19.4 Å². The minimum Gasteiger partial charge on any atom is -0.433 e. The third-order valence-electron chi connectivity index (χ3n) is 2.53. The summed E-state index contributed by atoms with van der Waals surface area (Å²) in [6.45, 7) is 7.03. The highest BCUT2D eigenvalue weighted by Gasteiger charge is 2.14. The van der Waals surface area contributed by atoms with Crippen molar-refractivity contribution in [3.05, 3.63) is 24.3 Å². The van der Waals surface area contributed by atoms with Crippen LogP contribution in [0.1, 0.15) is 0 Å². The summed E-state index contributed by atoms with van der Waals surface area (Å²) in [7, 11) is 0.352. The Balaban J connectivity index is 2.36. The minimum atomic E-state index is -1.21. The fourth-order valence-electron chi connectivity index (χ4n) is 1.36. The van der Waals surface area contributed by atoms with Crippen molar-refractivity contribution in [3.8, 4) is 0 Å². The molecular weight excluding hydrogens is 286 g/mol. The van der Waals surface area contributed by atoms with Crippen LogP contribution in [0.15, 0.2) is 29.3 Å². The van der Waals surface area contributed by atoms with Crippen molar-refractivity contribution >= 4 is 31.9 Å². The standard InChI is InChI=1S/C14H23N3O3Si/c1-17(11-16-13-7-5-6-12(15)10-13)20-14(18)19-8-9-21(2,3)4/h5-7,10-11H,8-9,15H2,1-4H3/b16-11-. The first-order chi connectivity index (χ1) is 9.76. The highest BCUT2D eigenvalue weighted by Crippen LogP contribution is 2.14. The van der Waals surface area contributed by atoms with Gasteiger partial charge in [-0.3, -0.25) is 0 Å². The van der Waals surface area contributed by atoms with Crippen LogP contribution in [0.4, 0.5) is 16.2 Å². The summed E-state index contributed by atoms with van der Waals surface area (Å²) in [5.41, 5.74) is 6.95. The highest BCUT2D eigenvalue weighted by molar-refractivity contribution is 6.76. The molecule has 0 aromatic heterocycles. The number of hydrogen-bond acceptors (Lipinski definition) is 5. The summed E-state index contributed by atoms with van der Waals surface area (Å²) in [4.78, 5) is 20.5. The minimum absolute atomic E-state index is 0.384. The SMILES string of the molecule is CN(/C=N\c1cccc(N)c1)OC(=O)OCC[Si](C)(C)C. The van der Waals surface area contributed by atoms with Gasteiger partial charge in [-0.2, -0.15) is 5.06 Å². The number of anilines is 1. The van der Waals surface area contributed by atoms with Crippen LogP contribution in [0.25, 0.3) is 0 Å². The van der Waals surface area contributed by atoms with Crippen LogP contribution in [0.3, 0.4) is 0 Å². The Morgan fingerprint density at radius 1 is 1.43 bits per heavy atom. The number of nitrogens with zero attached hydrogens (tertiary/aromatic N) is 2. The lowest BCUT2D eigenvalue weighted by Crippen LogP contribution is -2.26. The molecular formula is C14H23N3O3Si. The molecule has 0 aliphatic heterocycles. The van der Waals surface area contributed by atoms with Gasteiger partial charge in [0.05, 0.1) is 12.3 Å². The molecule has 116 valence electrons. The number of nitrogen functional groups attached to an aromatic ring is 1. The predicted octanol–water partition coefficient (Wildman–Crippen LogP) is 3.27. The number of aliphatic imine (C=N–C) groups is 1. The Bertz CT molecular complexity index is 500. The van der Waals surface area contributed by atoms with Crippen LogP contribution in [-0.2, 0) is 9.57 Å². The quantitative estimate of drug-likeness (QED) is 0.218. The number of carbonyl (C=O) groups is 1. The summed E-state index contributed by atoms with van der Waals surface area (Å²) in [6, 6.07) is 8.00. The van der Waals surface area contributed by atoms with Gasteiger partial charge >= 0.3 is 6.16 Å². The Labute approximate surface area is 126 Å². The van der Waals surface area contributed by atoms with Gasteiger partial charge in [-0.05, 0) is 24.2 Å². The molecule has 0 radical (unpaired) electrons. The highest BCUT2D eigenvalue weighted by atomic mass is 28.3. The smallest absolute Gasteiger partial charge is 0.433 e. The molecule has 0 aliphatic carbocycles. The molecule has 0 atom stereocenters. The molecule has 0 spiro atoms. The third kappa shape index (κ3) is 7.98. The first-order valence-electron chi connectivity index (χ1n) is 6.73. The van der Waals surface area contributed by atoms with Crippen molar-refractivity contribution in [1.29, 1.82) is 0 Å². The van der Waals surface area contributed by atoms with E-state index in [1.165, 1.54) is 11.4 Å². The second-order valence-corrected chi connectivity index (χ2v) is 11.5. The van der Waals surface area contributed by atoms with Crippen LogP contribution < -0.4 is 5.73 Å². The maximum Gasteiger partial charge on any atom is 0.533 e. The number of carbonyl (C=O) groups excluding carboxylic acids is 1. The van der Waals surface area contributed by atoms with Crippen LogP contribution in [0.5, 0.6) is 0 Å². The van der Waals surface area contributed by atoms with Gasteiger partial charge in [-0.25, -0.2) is 9.79 Å². The maximum absolute atomic E-state index is 11.5. The fourth-order valence-corrected chi connectivity index (χ4v) is 2.08. The summed E-state index contributed by atoms with van der Waals surface area (Å²) in [5.74, 6) is 0. The second-order valence-electron chi connectivity index (χ2n) is 5.89. The number of hydroxylamine groups is 2. The molecule has 2 N–H and O–H groups in total. The Hall–Kier alpha value is -2.02. The van der Waals surface area contributed by atoms with E-state index in [0.29, 0.717) is 18.0 Å². The summed E-state index contributed by atoms with van der Waals surface area (Å²) in [6.07, 6.45) is 0.656. The van der Waals surface area contributed by atoms with Crippen LogP contribution in [0, 0.1) is 0 Å². The lowest BCUT2D eigenvalue weighted by molar-refractivity contribution is -0.0546. The van der Waals surface area contributed by atoms with E-state index in [0.717, 1.165) is 6.04 Å². The molecule has 0 saturated carbocycles. The number of benzene rings is 1. The number of rotatable bonds is 6. The lowest BCUT2D eigenvalue weighted by atomic mass is 10.3. The zero-order valence-corrected chi connectivity index (χ0v) is 14.0. The summed E-state index contributed by atoms with van der Waals surface area (Å²) in [5, 5.41) is 1.19. The third-order valence-corrected chi connectivity index (χ3v) is 4.23. The molecule has 0 unspecified atom stereocenters. The monoisotopic (exact) mass is 309 g/mol. The molecule has 0 fully saturated rings. The topological polar surface area (TPSA) is 77.1 Å². The predicted molar refractivity (Wildman–Crippen MR) is 87.4 cm³/mol. The molecule has 7 heteroatoms.